The summed E-state index contributed by atoms with van der Waals surface area (Å²) >= 11 is 7.67. The molecular formula is C11H12ClNS. The molecule has 2 rings (SSSR count). The van der Waals surface area contributed by atoms with Crippen LogP contribution in [0.1, 0.15) is 0 Å². The summed E-state index contributed by atoms with van der Waals surface area (Å²) in [6.45, 7) is 6.01. The minimum Gasteiger partial charge on any atom is -0.312 e. The summed E-state index contributed by atoms with van der Waals surface area (Å²) in [7, 11) is 0. The van der Waals surface area contributed by atoms with Crippen molar-refractivity contribution in [3.63, 3.8) is 0 Å². The Kier molecular flexibility index (Phi) is 3.16. The van der Waals surface area contributed by atoms with Crippen molar-refractivity contribution in [2.24, 2.45) is 0 Å². The van der Waals surface area contributed by atoms with E-state index in [4.69, 9.17) is 11.6 Å². The first kappa shape index (κ1) is 10.1. The Morgan fingerprint density at radius 3 is 2.64 bits per heavy atom. The van der Waals surface area contributed by atoms with Crippen molar-refractivity contribution in [1.82, 2.24) is 5.32 Å². The van der Waals surface area contributed by atoms with E-state index in [2.05, 4.69) is 24.0 Å². The van der Waals surface area contributed by atoms with E-state index in [0.29, 0.717) is 5.25 Å². The molecule has 1 aliphatic rings. The SMILES string of the molecule is C=C1CNC[C@@H]1Sc1ccc(Cl)cc1. The number of rotatable bonds is 2. The van der Waals surface area contributed by atoms with E-state index in [1.807, 2.05) is 23.9 Å². The monoisotopic (exact) mass is 225 g/mol. The van der Waals surface area contributed by atoms with Gasteiger partial charge in [-0.25, -0.2) is 0 Å². The smallest absolute Gasteiger partial charge is 0.0438 e. The molecule has 1 nitrogen and oxygen atoms in total. The van der Waals surface area contributed by atoms with E-state index in [9.17, 15) is 0 Å². The molecule has 0 radical (unpaired) electrons. The lowest BCUT2D eigenvalue weighted by atomic mass is 10.3. The van der Waals surface area contributed by atoms with Crippen molar-refractivity contribution in [1.29, 1.82) is 0 Å². The normalized spacial score (nSPS) is 21.5. The van der Waals surface area contributed by atoms with Crippen LogP contribution in [-0.4, -0.2) is 18.3 Å². The van der Waals surface area contributed by atoms with E-state index in [1.54, 1.807) is 0 Å². The Hall–Kier alpha value is -0.440. The van der Waals surface area contributed by atoms with Crippen LogP contribution in [0.25, 0.3) is 0 Å². The first-order valence-corrected chi connectivity index (χ1v) is 5.82. The minimum absolute atomic E-state index is 0.510. The number of benzene rings is 1. The van der Waals surface area contributed by atoms with Crippen LogP contribution in [0.5, 0.6) is 0 Å². The second kappa shape index (κ2) is 4.39. The molecule has 74 valence electrons. The van der Waals surface area contributed by atoms with E-state index in [1.165, 1.54) is 10.5 Å². The Balaban J connectivity index is 2.03. The summed E-state index contributed by atoms with van der Waals surface area (Å²) in [5.74, 6) is 0. The molecule has 1 aromatic rings. The van der Waals surface area contributed by atoms with Crippen molar-refractivity contribution in [3.05, 3.63) is 41.4 Å². The van der Waals surface area contributed by atoms with Gasteiger partial charge in [0.15, 0.2) is 0 Å². The number of hydrogen-bond acceptors (Lipinski definition) is 2. The molecule has 1 saturated heterocycles. The predicted molar refractivity (Wildman–Crippen MR) is 63.1 cm³/mol. The Morgan fingerprint density at radius 2 is 2.07 bits per heavy atom. The third-order valence-corrected chi connectivity index (χ3v) is 3.81. The fraction of sp³-hybridized carbons (Fsp3) is 0.273. The van der Waals surface area contributed by atoms with E-state index < -0.39 is 0 Å². The lowest BCUT2D eigenvalue weighted by molar-refractivity contribution is 0.867. The highest BCUT2D eigenvalue weighted by Crippen LogP contribution is 2.29. The number of hydrogen-bond donors (Lipinski definition) is 1. The van der Waals surface area contributed by atoms with E-state index >= 15 is 0 Å². The van der Waals surface area contributed by atoms with Gasteiger partial charge in [-0.15, -0.1) is 11.8 Å². The summed E-state index contributed by atoms with van der Waals surface area (Å²) in [6.07, 6.45) is 0. The fourth-order valence-electron chi connectivity index (χ4n) is 1.42. The molecule has 0 bridgehead atoms. The van der Waals surface area contributed by atoms with Gasteiger partial charge in [0.2, 0.25) is 0 Å². The predicted octanol–water partition coefficient (Wildman–Crippen LogP) is 2.96. The zero-order valence-electron chi connectivity index (χ0n) is 7.79. The highest BCUT2D eigenvalue weighted by Gasteiger charge is 2.19. The standard InChI is InChI=1S/C11H12ClNS/c1-8-6-13-7-11(8)14-10-4-2-9(12)3-5-10/h2-5,11,13H,1,6-7H2/t11-/m0/s1. The van der Waals surface area contributed by atoms with Gasteiger partial charge in [-0.1, -0.05) is 18.2 Å². The minimum atomic E-state index is 0.510. The van der Waals surface area contributed by atoms with Gasteiger partial charge in [0.25, 0.3) is 0 Å². The first-order chi connectivity index (χ1) is 6.75. The second-order valence-corrected chi connectivity index (χ2v) is 5.06. The van der Waals surface area contributed by atoms with Gasteiger partial charge in [-0.05, 0) is 29.8 Å². The van der Waals surface area contributed by atoms with E-state index in [0.717, 1.165) is 18.1 Å². The van der Waals surface area contributed by atoms with Crippen LogP contribution < -0.4 is 5.32 Å². The zero-order valence-corrected chi connectivity index (χ0v) is 9.37. The molecule has 14 heavy (non-hydrogen) atoms. The topological polar surface area (TPSA) is 12.0 Å². The molecule has 0 aliphatic carbocycles. The molecule has 1 aromatic carbocycles. The van der Waals surface area contributed by atoms with Crippen LogP contribution in [0.15, 0.2) is 41.3 Å². The van der Waals surface area contributed by atoms with Crippen LogP contribution in [0.3, 0.4) is 0 Å². The molecule has 1 aliphatic heterocycles. The molecule has 0 unspecified atom stereocenters. The molecule has 1 atom stereocenters. The van der Waals surface area contributed by atoms with Gasteiger partial charge in [-0.3, -0.25) is 0 Å². The van der Waals surface area contributed by atoms with Crippen molar-refractivity contribution < 1.29 is 0 Å². The molecule has 0 spiro atoms. The molecular weight excluding hydrogens is 214 g/mol. The van der Waals surface area contributed by atoms with Crippen molar-refractivity contribution in [2.75, 3.05) is 13.1 Å². The van der Waals surface area contributed by atoms with Crippen molar-refractivity contribution in [2.45, 2.75) is 10.1 Å². The average Bonchev–Trinajstić information content (AvgIpc) is 2.56. The van der Waals surface area contributed by atoms with Crippen LogP contribution in [0.2, 0.25) is 5.02 Å². The maximum absolute atomic E-state index is 5.82. The first-order valence-electron chi connectivity index (χ1n) is 4.56. The van der Waals surface area contributed by atoms with Crippen molar-refractivity contribution in [3.8, 4) is 0 Å². The fourth-order valence-corrected chi connectivity index (χ4v) is 2.62. The Morgan fingerprint density at radius 1 is 1.36 bits per heavy atom. The molecule has 0 saturated carbocycles. The van der Waals surface area contributed by atoms with Crippen molar-refractivity contribution >= 4 is 23.4 Å². The quantitative estimate of drug-likeness (QED) is 0.777. The third-order valence-electron chi connectivity index (χ3n) is 2.23. The van der Waals surface area contributed by atoms with E-state index in [-0.39, 0.29) is 0 Å². The average molecular weight is 226 g/mol. The number of thioether (sulfide) groups is 1. The summed E-state index contributed by atoms with van der Waals surface area (Å²) < 4.78 is 0. The molecule has 1 heterocycles. The van der Waals surface area contributed by atoms with Crippen LogP contribution in [-0.2, 0) is 0 Å². The molecule has 3 heteroatoms. The highest BCUT2D eigenvalue weighted by molar-refractivity contribution is 8.00. The molecule has 1 N–H and O–H groups in total. The molecule has 0 amide bonds. The zero-order chi connectivity index (χ0) is 9.97. The number of nitrogens with one attached hydrogen (secondary N) is 1. The molecule has 1 fully saturated rings. The van der Waals surface area contributed by atoms with Gasteiger partial charge in [0, 0.05) is 28.3 Å². The van der Waals surface area contributed by atoms with Crippen LogP contribution in [0.4, 0.5) is 0 Å². The van der Waals surface area contributed by atoms with Gasteiger partial charge in [0.1, 0.15) is 0 Å². The highest BCUT2D eigenvalue weighted by atomic mass is 35.5. The van der Waals surface area contributed by atoms with Crippen LogP contribution >= 0.6 is 23.4 Å². The van der Waals surface area contributed by atoms with Gasteiger partial charge in [-0.2, -0.15) is 0 Å². The lowest BCUT2D eigenvalue weighted by Gasteiger charge is -2.09. The largest absolute Gasteiger partial charge is 0.312 e. The lowest BCUT2D eigenvalue weighted by Crippen LogP contribution is -2.09. The number of halogens is 1. The van der Waals surface area contributed by atoms with Gasteiger partial charge in [0.05, 0.1) is 0 Å². The second-order valence-electron chi connectivity index (χ2n) is 3.35. The summed E-state index contributed by atoms with van der Waals surface area (Å²) in [5, 5.41) is 4.61. The maximum atomic E-state index is 5.82. The Bertz CT molecular complexity index is 334. The maximum Gasteiger partial charge on any atom is 0.0438 e. The van der Waals surface area contributed by atoms with Gasteiger partial charge < -0.3 is 5.32 Å². The Labute approximate surface area is 93.5 Å². The van der Waals surface area contributed by atoms with Crippen LogP contribution in [0, 0.1) is 0 Å². The summed E-state index contributed by atoms with van der Waals surface area (Å²) in [6, 6.07) is 7.96. The summed E-state index contributed by atoms with van der Waals surface area (Å²) in [4.78, 5) is 1.25. The van der Waals surface area contributed by atoms with Gasteiger partial charge >= 0.3 is 0 Å². The summed E-state index contributed by atoms with van der Waals surface area (Å²) in [5.41, 5.74) is 1.28. The molecule has 0 aromatic heterocycles. The third kappa shape index (κ3) is 2.32.